The van der Waals surface area contributed by atoms with E-state index in [1.807, 2.05) is 37.3 Å². The first kappa shape index (κ1) is 51.2. The summed E-state index contributed by atoms with van der Waals surface area (Å²) >= 11 is 0. The van der Waals surface area contributed by atoms with E-state index in [-0.39, 0.29) is 92.0 Å². The van der Waals surface area contributed by atoms with Crippen LogP contribution >= 0.6 is 0 Å². The molecule has 1 unspecified atom stereocenters. The van der Waals surface area contributed by atoms with Gasteiger partial charge in [-0.05, 0) is 86.7 Å². The summed E-state index contributed by atoms with van der Waals surface area (Å²) in [5.74, 6) is -2.94. The molecule has 6 amide bonds. The normalized spacial score (nSPS) is 16.0. The molecule has 21 heteroatoms. The van der Waals surface area contributed by atoms with Gasteiger partial charge in [0.2, 0.25) is 17.7 Å². The molecule has 7 rings (SSSR count). The highest BCUT2D eigenvalue weighted by Crippen LogP contribution is 2.33. The van der Waals surface area contributed by atoms with Gasteiger partial charge >= 0.3 is 0 Å². The Morgan fingerprint density at radius 1 is 0.887 bits per heavy atom. The molecular formula is C50H58FN11O9. The Bertz CT molecular complexity index is 2630. The van der Waals surface area contributed by atoms with Crippen LogP contribution in [0.15, 0.2) is 79.3 Å². The van der Waals surface area contributed by atoms with Crippen molar-refractivity contribution >= 4 is 58.5 Å². The van der Waals surface area contributed by atoms with E-state index in [0.29, 0.717) is 55.6 Å². The average molecular weight is 976 g/mol. The van der Waals surface area contributed by atoms with Crippen LogP contribution in [0.5, 0.6) is 5.75 Å². The van der Waals surface area contributed by atoms with Gasteiger partial charge in [-0.1, -0.05) is 24.6 Å². The van der Waals surface area contributed by atoms with Gasteiger partial charge in [-0.2, -0.15) is 0 Å². The van der Waals surface area contributed by atoms with E-state index >= 15 is 4.39 Å². The molecular weight excluding hydrogens is 918 g/mol. The number of nitrogens with one attached hydrogen (secondary N) is 5. The van der Waals surface area contributed by atoms with Crippen LogP contribution in [0.4, 0.5) is 15.8 Å². The predicted molar refractivity (Wildman–Crippen MR) is 259 cm³/mol. The van der Waals surface area contributed by atoms with Crippen molar-refractivity contribution < 1.29 is 47.4 Å². The molecule has 0 spiro atoms. The Morgan fingerprint density at radius 2 is 1.62 bits per heavy atom. The molecule has 3 aliphatic heterocycles. The van der Waals surface area contributed by atoms with Gasteiger partial charge in [-0.3, -0.25) is 49.8 Å². The number of unbranched alkanes of at least 4 members (excludes halogenated alkanes) is 3. The Morgan fingerprint density at radius 3 is 2.37 bits per heavy atom. The molecule has 0 bridgehead atoms. The lowest BCUT2D eigenvalue weighted by Gasteiger charge is -2.36. The molecule has 4 heterocycles. The summed E-state index contributed by atoms with van der Waals surface area (Å²) in [6.45, 7) is 4.78. The number of amides is 6. The highest BCUT2D eigenvalue weighted by molar-refractivity contribution is 6.23. The van der Waals surface area contributed by atoms with Gasteiger partial charge in [0.05, 0.1) is 49.2 Å². The summed E-state index contributed by atoms with van der Waals surface area (Å²) in [5, 5.41) is 25.1. The molecule has 3 aliphatic rings. The van der Waals surface area contributed by atoms with Crippen molar-refractivity contribution in [3.63, 3.8) is 0 Å². The minimum atomic E-state index is -1.15. The van der Waals surface area contributed by atoms with Gasteiger partial charge in [-0.15, -0.1) is 0 Å². The van der Waals surface area contributed by atoms with E-state index in [4.69, 9.17) is 25.0 Å². The second kappa shape index (κ2) is 24.3. The number of anilines is 2. The van der Waals surface area contributed by atoms with E-state index in [0.717, 1.165) is 42.2 Å². The van der Waals surface area contributed by atoms with Crippen LogP contribution in [0, 0.1) is 16.6 Å². The number of hydrogen-bond donors (Lipinski definition) is 5. The van der Waals surface area contributed by atoms with Crippen LogP contribution in [0.25, 0.3) is 0 Å². The monoisotopic (exact) mass is 975 g/mol. The minimum Gasteiger partial charge on any atom is -0.494 e. The maximum absolute atomic E-state index is 15.3. The molecule has 2 fully saturated rings. The van der Waals surface area contributed by atoms with Gasteiger partial charge in [-0.25, -0.2) is 14.4 Å². The van der Waals surface area contributed by atoms with Crippen molar-refractivity contribution in [1.29, 1.82) is 10.8 Å². The van der Waals surface area contributed by atoms with Gasteiger partial charge in [0, 0.05) is 63.7 Å². The van der Waals surface area contributed by atoms with Crippen molar-refractivity contribution in [2.75, 3.05) is 83.0 Å². The Hall–Kier alpha value is -7.65. The zero-order valence-corrected chi connectivity index (χ0v) is 39.7. The van der Waals surface area contributed by atoms with Crippen LogP contribution in [0.1, 0.15) is 93.8 Å². The fraction of sp³-hybridized carbons (Fsp3) is 0.400. The first-order chi connectivity index (χ1) is 34.3. The molecule has 374 valence electrons. The fourth-order valence-electron chi connectivity index (χ4n) is 8.29. The SMILES string of the molecule is C[C@@H](NC(=O)c1cccc(NCC(=N)N(C)C(=N)c2ccncn2)c1)c1cccc(OCCCCCCOCCOCC(=O)N2CCN(c3cc4c(cc3F)C(=O)N(C3CCC(=O)NC3=O)C4=O)CC2)c1. The van der Waals surface area contributed by atoms with Crippen LogP contribution in [0.2, 0.25) is 0 Å². The van der Waals surface area contributed by atoms with Crippen molar-refractivity contribution in [3.8, 4) is 5.75 Å². The number of carbonyl (C=O) groups is 6. The summed E-state index contributed by atoms with van der Waals surface area (Å²) in [6, 6.07) is 17.2. The Kier molecular flexibility index (Phi) is 17.5. The first-order valence-corrected chi connectivity index (χ1v) is 23.6. The van der Waals surface area contributed by atoms with E-state index in [2.05, 4.69) is 25.9 Å². The maximum atomic E-state index is 15.3. The quantitative estimate of drug-likeness (QED) is 0.0321. The average Bonchev–Trinajstić information content (AvgIpc) is 3.62. The molecule has 1 aromatic heterocycles. The summed E-state index contributed by atoms with van der Waals surface area (Å²) < 4.78 is 32.6. The number of nitrogens with zero attached hydrogens (tertiary/aromatic N) is 6. The summed E-state index contributed by atoms with van der Waals surface area (Å²) in [4.78, 5) is 89.8. The van der Waals surface area contributed by atoms with Gasteiger partial charge in [0.1, 0.15) is 42.1 Å². The second-order valence-electron chi connectivity index (χ2n) is 17.2. The third-order valence-corrected chi connectivity index (χ3v) is 12.4. The second-order valence-corrected chi connectivity index (χ2v) is 17.2. The number of imide groups is 2. The third-order valence-electron chi connectivity index (χ3n) is 12.4. The Balaban J connectivity index is 0.718. The topological polar surface area (TPSA) is 253 Å². The number of aromatic nitrogens is 2. The highest BCUT2D eigenvalue weighted by atomic mass is 19.1. The minimum absolute atomic E-state index is 0.0000658. The molecule has 4 aromatic rings. The number of amidine groups is 2. The van der Waals surface area contributed by atoms with Gasteiger partial charge in [0.25, 0.3) is 17.7 Å². The lowest BCUT2D eigenvalue weighted by Crippen LogP contribution is -2.54. The largest absolute Gasteiger partial charge is 0.494 e. The number of rotatable bonds is 22. The molecule has 3 aromatic carbocycles. The summed E-state index contributed by atoms with van der Waals surface area (Å²) in [7, 11) is 1.62. The van der Waals surface area contributed by atoms with E-state index < -0.39 is 35.5 Å². The van der Waals surface area contributed by atoms with Crippen molar-refractivity contribution in [3.05, 3.63) is 113 Å². The number of benzene rings is 3. The molecule has 0 aliphatic carbocycles. The van der Waals surface area contributed by atoms with E-state index in [9.17, 15) is 28.8 Å². The zero-order valence-electron chi connectivity index (χ0n) is 39.7. The maximum Gasteiger partial charge on any atom is 0.262 e. The molecule has 0 radical (unpaired) electrons. The molecule has 0 saturated carbocycles. The predicted octanol–water partition coefficient (Wildman–Crippen LogP) is 4.18. The number of hydrogen-bond acceptors (Lipinski definition) is 15. The highest BCUT2D eigenvalue weighted by Gasteiger charge is 2.45. The zero-order chi connectivity index (χ0) is 50.4. The van der Waals surface area contributed by atoms with Crippen LogP contribution in [0.3, 0.4) is 0 Å². The van der Waals surface area contributed by atoms with E-state index in [1.54, 1.807) is 47.3 Å². The van der Waals surface area contributed by atoms with Crippen LogP contribution in [-0.2, 0) is 23.9 Å². The van der Waals surface area contributed by atoms with Gasteiger partial charge < -0.3 is 39.5 Å². The molecule has 2 saturated heterocycles. The van der Waals surface area contributed by atoms with E-state index in [1.165, 1.54) is 17.3 Å². The molecule has 71 heavy (non-hydrogen) atoms. The Labute approximate surface area is 410 Å². The van der Waals surface area contributed by atoms with Crippen molar-refractivity contribution in [2.24, 2.45) is 0 Å². The van der Waals surface area contributed by atoms with Gasteiger partial charge in [0.15, 0.2) is 5.84 Å². The fourth-order valence-corrected chi connectivity index (χ4v) is 8.29. The third kappa shape index (κ3) is 13.2. The number of ether oxygens (including phenoxy) is 3. The number of likely N-dealkylation sites (N-methyl/N-ethyl adjacent to an activating group) is 1. The lowest BCUT2D eigenvalue weighted by atomic mass is 10.0. The smallest absolute Gasteiger partial charge is 0.262 e. The number of halogens is 1. The molecule has 5 N–H and O–H groups in total. The molecule has 20 nitrogen and oxygen atoms in total. The number of carbonyl (C=O) groups excluding carboxylic acids is 6. The number of fused-ring (bicyclic) bond motifs is 1. The summed E-state index contributed by atoms with van der Waals surface area (Å²) in [5.41, 5.74) is 2.39. The summed E-state index contributed by atoms with van der Waals surface area (Å²) in [6.07, 6.45) is 6.50. The van der Waals surface area contributed by atoms with Crippen LogP contribution < -0.4 is 25.6 Å². The number of piperazine rings is 1. The first-order valence-electron chi connectivity index (χ1n) is 23.6. The lowest BCUT2D eigenvalue weighted by molar-refractivity contribution is -0.137. The standard InChI is InChI=1S/C50H58FN11O9/c1-32(57-47(65)34-10-7-11-35(25-34)55-29-43(52)59(2)46(53)40-15-16-54-31-56-40)33-9-8-12-36(26-33)71-22-6-4-3-5-21-69-23-24-70-30-45(64)61-19-17-60(18-20-61)42-28-38-37(27-39(42)51)49(67)62(50(38)68)41-13-14-44(63)58-48(41)66/h7-12,15-16,25-28,31-32,41,52-53,55H,3-6,13-14,17-24,29-30H2,1-2H3,(H,57,65)(H,58,63,66)/t32-,41?/m1/s1. The number of piperidine rings is 1. The van der Waals surface area contributed by atoms with Crippen molar-refractivity contribution in [1.82, 2.24) is 35.3 Å². The van der Waals surface area contributed by atoms with Crippen molar-refractivity contribution in [2.45, 2.75) is 57.5 Å². The molecule has 2 atom stereocenters. The van der Waals surface area contributed by atoms with Crippen LogP contribution in [-0.4, -0.2) is 151 Å².